The van der Waals surface area contributed by atoms with Gasteiger partial charge >= 0.3 is 5.97 Å². The minimum atomic E-state index is -1.67. The van der Waals surface area contributed by atoms with Gasteiger partial charge in [0.2, 0.25) is 0 Å². The average molecular weight is 209 g/mol. The summed E-state index contributed by atoms with van der Waals surface area (Å²) in [6, 6.07) is 0. The Morgan fingerprint density at radius 2 is 2.25 bits per heavy atom. The average Bonchev–Trinajstić information content (AvgIpc) is 1.82. The van der Waals surface area contributed by atoms with Gasteiger partial charge in [-0.05, 0) is 12.2 Å². The molecule has 1 aliphatic carbocycles. The predicted molar refractivity (Wildman–Crippen MR) is 45.1 cm³/mol. The van der Waals surface area contributed by atoms with Crippen molar-refractivity contribution in [3.05, 3.63) is 22.8 Å². The molecule has 2 N–H and O–H groups in total. The van der Waals surface area contributed by atoms with Gasteiger partial charge in [-0.15, -0.1) is 0 Å². The molecule has 5 heteroatoms. The molecule has 66 valence electrons. The lowest BCUT2D eigenvalue weighted by Gasteiger charge is -2.20. The van der Waals surface area contributed by atoms with Gasteiger partial charge in [0.25, 0.3) is 0 Å². The van der Waals surface area contributed by atoms with E-state index in [0.717, 1.165) is 6.08 Å². The molecule has 0 spiro atoms. The summed E-state index contributed by atoms with van der Waals surface area (Å²) in [6.45, 7) is 0. The smallest absolute Gasteiger partial charge is 0.335 e. The molecule has 0 saturated heterocycles. The fourth-order valence-electron chi connectivity index (χ4n) is 0.911. The number of carbonyl (C=O) groups is 1. The van der Waals surface area contributed by atoms with E-state index < -0.39 is 11.0 Å². The lowest BCUT2D eigenvalue weighted by atomic mass is 10.0. The number of aliphatic carboxylic acids is 1. The highest BCUT2D eigenvalue weighted by atomic mass is 35.5. The zero-order chi connectivity index (χ0) is 9.35. The number of rotatable bonds is 1. The van der Waals surface area contributed by atoms with Crippen molar-refractivity contribution in [1.82, 2.24) is 0 Å². The number of carboxylic acids is 1. The Labute approximate surface area is 78.9 Å². The second-order valence-corrected chi connectivity index (χ2v) is 3.63. The van der Waals surface area contributed by atoms with Crippen LogP contribution in [0.1, 0.15) is 6.42 Å². The molecule has 0 bridgehead atoms. The summed E-state index contributed by atoms with van der Waals surface area (Å²) in [4.78, 5) is 10.4. The lowest BCUT2D eigenvalue weighted by molar-refractivity contribution is -0.132. The van der Waals surface area contributed by atoms with Crippen molar-refractivity contribution in [3.8, 4) is 0 Å². The van der Waals surface area contributed by atoms with Crippen LogP contribution in [0.15, 0.2) is 22.8 Å². The number of halogens is 2. The summed E-state index contributed by atoms with van der Waals surface area (Å²) in [6.07, 6.45) is 2.36. The maximum atomic E-state index is 10.4. The number of carboxylic acid groups (broad SMARTS) is 1. The van der Waals surface area contributed by atoms with Gasteiger partial charge in [-0.3, -0.25) is 0 Å². The van der Waals surface area contributed by atoms with Gasteiger partial charge in [-0.1, -0.05) is 23.2 Å². The molecule has 3 nitrogen and oxygen atoms in total. The largest absolute Gasteiger partial charge is 0.478 e. The summed E-state index contributed by atoms with van der Waals surface area (Å²) in [7, 11) is 0. The fourth-order valence-corrected chi connectivity index (χ4v) is 1.56. The van der Waals surface area contributed by atoms with Crippen LogP contribution in [0.2, 0.25) is 0 Å². The molecule has 0 aromatic heterocycles. The van der Waals surface area contributed by atoms with Crippen molar-refractivity contribution in [2.24, 2.45) is 0 Å². The molecule has 1 unspecified atom stereocenters. The van der Waals surface area contributed by atoms with Crippen LogP contribution in [0.25, 0.3) is 0 Å². The quantitative estimate of drug-likeness (QED) is 0.642. The minimum absolute atomic E-state index is 0.0346. The second-order valence-electron chi connectivity index (χ2n) is 2.49. The minimum Gasteiger partial charge on any atom is -0.478 e. The van der Waals surface area contributed by atoms with Gasteiger partial charge < -0.3 is 10.2 Å². The molecular weight excluding hydrogens is 203 g/mol. The Balaban J connectivity index is 3.01. The van der Waals surface area contributed by atoms with Gasteiger partial charge in [-0.2, -0.15) is 0 Å². The zero-order valence-electron chi connectivity index (χ0n) is 5.92. The summed E-state index contributed by atoms with van der Waals surface area (Å²) in [5, 5.41) is 16.4. The van der Waals surface area contributed by atoms with Crippen LogP contribution >= 0.6 is 23.2 Å². The van der Waals surface area contributed by atoms with Crippen molar-refractivity contribution in [2.75, 3.05) is 0 Å². The van der Waals surface area contributed by atoms with Crippen LogP contribution < -0.4 is 0 Å². The standard InChI is InChI=1S/C7H6Cl2O3/c8-5-1-4(6(10)11)2-7(9,12)3-5/h1-2,12H,3H2,(H,10,11). The third-order valence-corrected chi connectivity index (χ3v) is 1.84. The third kappa shape index (κ3) is 2.24. The molecule has 0 aliphatic heterocycles. The molecule has 0 fully saturated rings. The number of aliphatic hydroxyl groups is 1. The van der Waals surface area contributed by atoms with E-state index in [-0.39, 0.29) is 17.0 Å². The first-order chi connectivity index (χ1) is 5.41. The molecule has 12 heavy (non-hydrogen) atoms. The second kappa shape index (κ2) is 3.09. The summed E-state index contributed by atoms with van der Waals surface area (Å²) in [5.74, 6) is -1.16. The molecule has 0 radical (unpaired) electrons. The van der Waals surface area contributed by atoms with Crippen LogP contribution in [0.5, 0.6) is 0 Å². The summed E-state index contributed by atoms with van der Waals surface area (Å²) in [5.41, 5.74) is -0.0937. The Morgan fingerprint density at radius 1 is 1.67 bits per heavy atom. The Bertz CT molecular complexity index is 278. The molecule has 0 saturated carbocycles. The van der Waals surface area contributed by atoms with E-state index in [9.17, 15) is 9.90 Å². The first kappa shape index (κ1) is 9.58. The van der Waals surface area contributed by atoms with Gasteiger partial charge in [0.15, 0.2) is 5.06 Å². The predicted octanol–water partition coefficient (Wildman–Crippen LogP) is 1.45. The van der Waals surface area contributed by atoms with Crippen molar-refractivity contribution in [1.29, 1.82) is 0 Å². The Kier molecular flexibility index (Phi) is 2.46. The highest BCUT2D eigenvalue weighted by Gasteiger charge is 2.27. The zero-order valence-corrected chi connectivity index (χ0v) is 7.43. The van der Waals surface area contributed by atoms with Crippen LogP contribution in [-0.4, -0.2) is 21.2 Å². The van der Waals surface area contributed by atoms with Gasteiger partial charge in [0.1, 0.15) is 0 Å². The van der Waals surface area contributed by atoms with E-state index in [0.29, 0.717) is 0 Å². The maximum Gasteiger partial charge on any atom is 0.335 e. The van der Waals surface area contributed by atoms with E-state index in [1.165, 1.54) is 6.08 Å². The van der Waals surface area contributed by atoms with Crippen molar-refractivity contribution in [3.63, 3.8) is 0 Å². The number of hydrogen-bond donors (Lipinski definition) is 2. The molecule has 1 rings (SSSR count). The van der Waals surface area contributed by atoms with E-state index in [1.807, 2.05) is 0 Å². The SMILES string of the molecule is O=C(O)C1=CC(O)(Cl)CC(Cl)=C1. The first-order valence-corrected chi connectivity index (χ1v) is 3.90. The molecular formula is C7H6Cl2O3. The van der Waals surface area contributed by atoms with Gasteiger partial charge in [0, 0.05) is 11.5 Å². The van der Waals surface area contributed by atoms with E-state index in [4.69, 9.17) is 28.3 Å². The lowest BCUT2D eigenvalue weighted by Crippen LogP contribution is -2.22. The highest BCUT2D eigenvalue weighted by Crippen LogP contribution is 2.31. The molecule has 0 heterocycles. The molecule has 1 atom stereocenters. The van der Waals surface area contributed by atoms with Gasteiger partial charge in [-0.25, -0.2) is 4.79 Å². The summed E-state index contributed by atoms with van der Waals surface area (Å²) < 4.78 is 0. The van der Waals surface area contributed by atoms with E-state index in [1.54, 1.807) is 0 Å². The third-order valence-electron chi connectivity index (χ3n) is 1.35. The van der Waals surface area contributed by atoms with Gasteiger partial charge in [0.05, 0.1) is 5.57 Å². The van der Waals surface area contributed by atoms with E-state index >= 15 is 0 Å². The van der Waals surface area contributed by atoms with Crippen molar-refractivity contribution >= 4 is 29.2 Å². The normalized spacial score (nSPS) is 29.2. The van der Waals surface area contributed by atoms with Crippen LogP contribution in [0, 0.1) is 0 Å². The topological polar surface area (TPSA) is 57.5 Å². The Hall–Kier alpha value is -0.510. The van der Waals surface area contributed by atoms with Crippen LogP contribution in [0.4, 0.5) is 0 Å². The first-order valence-electron chi connectivity index (χ1n) is 3.14. The summed E-state index contributed by atoms with van der Waals surface area (Å²) >= 11 is 11.0. The molecule has 0 aromatic carbocycles. The van der Waals surface area contributed by atoms with Crippen molar-refractivity contribution < 1.29 is 15.0 Å². The Morgan fingerprint density at radius 3 is 2.67 bits per heavy atom. The monoisotopic (exact) mass is 208 g/mol. The maximum absolute atomic E-state index is 10.4. The number of hydrogen-bond acceptors (Lipinski definition) is 2. The highest BCUT2D eigenvalue weighted by molar-refractivity contribution is 6.32. The van der Waals surface area contributed by atoms with E-state index in [2.05, 4.69) is 0 Å². The van der Waals surface area contributed by atoms with Crippen molar-refractivity contribution in [2.45, 2.75) is 11.5 Å². The number of alkyl halides is 1. The van der Waals surface area contributed by atoms with Crippen LogP contribution in [-0.2, 0) is 4.79 Å². The molecule has 1 aliphatic rings. The van der Waals surface area contributed by atoms with Crippen LogP contribution in [0.3, 0.4) is 0 Å². The molecule has 0 aromatic rings. The molecule has 0 amide bonds. The fraction of sp³-hybridized carbons (Fsp3) is 0.286.